The number of nitro groups is 1. The van der Waals surface area contributed by atoms with Crippen molar-refractivity contribution in [2.75, 3.05) is 0 Å². The van der Waals surface area contributed by atoms with Gasteiger partial charge in [-0.3, -0.25) is 10.1 Å². The van der Waals surface area contributed by atoms with Crippen LogP contribution < -0.4 is 0 Å². The summed E-state index contributed by atoms with van der Waals surface area (Å²) in [6, 6.07) is 4.52. The van der Waals surface area contributed by atoms with Gasteiger partial charge in [0.05, 0.1) is 15.7 Å². The Morgan fingerprint density at radius 3 is 2.76 bits per heavy atom. The van der Waals surface area contributed by atoms with E-state index < -0.39 is 16.4 Å². The second kappa shape index (κ2) is 4.29. The zero-order valence-electron chi connectivity index (χ0n) is 8.74. The molecule has 0 amide bonds. The number of furan rings is 1. The molecule has 6 heteroatoms. The molecule has 0 unspecified atom stereocenters. The predicted molar refractivity (Wildman–Crippen MR) is 63.2 cm³/mol. The van der Waals surface area contributed by atoms with Gasteiger partial charge in [-0.2, -0.15) is 4.39 Å². The highest BCUT2D eigenvalue weighted by atomic mass is 79.9. The average molecular weight is 300 g/mol. The Kier molecular flexibility index (Phi) is 2.97. The number of nitrogens with zero attached hydrogens (tertiary/aromatic N) is 1. The first-order valence-electron chi connectivity index (χ1n) is 4.69. The Balaban J connectivity index is 2.72. The molecular formula is C11H7BrFNO3. The van der Waals surface area contributed by atoms with Crippen LogP contribution in [0.3, 0.4) is 0 Å². The summed E-state index contributed by atoms with van der Waals surface area (Å²) in [5.41, 5.74) is 0.503. The minimum absolute atomic E-state index is 0.0409. The van der Waals surface area contributed by atoms with Gasteiger partial charge in [0.15, 0.2) is 0 Å². The standard InChI is InChI=1S/C11H7BrFNO3/c1-6-5-7(14(15)16)11(13)10(12)9(6)8-3-2-4-17-8/h2-5H,1H3. The van der Waals surface area contributed by atoms with E-state index in [0.29, 0.717) is 16.9 Å². The fourth-order valence-corrected chi connectivity index (χ4v) is 2.30. The minimum atomic E-state index is -0.896. The summed E-state index contributed by atoms with van der Waals surface area (Å²) in [7, 11) is 0. The predicted octanol–water partition coefficient (Wildman–Crippen LogP) is 4.06. The van der Waals surface area contributed by atoms with Crippen LogP contribution in [0.1, 0.15) is 5.56 Å². The van der Waals surface area contributed by atoms with Crippen LogP contribution in [0.15, 0.2) is 33.4 Å². The minimum Gasteiger partial charge on any atom is -0.464 e. The molecule has 0 bridgehead atoms. The van der Waals surface area contributed by atoms with Gasteiger partial charge in [0, 0.05) is 11.6 Å². The van der Waals surface area contributed by atoms with Crippen LogP contribution in [0.25, 0.3) is 11.3 Å². The van der Waals surface area contributed by atoms with Crippen molar-refractivity contribution in [2.45, 2.75) is 6.92 Å². The maximum atomic E-state index is 13.8. The zero-order valence-corrected chi connectivity index (χ0v) is 10.3. The Bertz CT molecular complexity index is 581. The van der Waals surface area contributed by atoms with Crippen molar-refractivity contribution >= 4 is 21.6 Å². The quantitative estimate of drug-likeness (QED) is 0.620. The van der Waals surface area contributed by atoms with Gasteiger partial charge in [0.2, 0.25) is 5.82 Å². The summed E-state index contributed by atoms with van der Waals surface area (Å²) in [5.74, 6) is -0.435. The zero-order chi connectivity index (χ0) is 12.6. The summed E-state index contributed by atoms with van der Waals surface area (Å²) < 4.78 is 19.0. The molecule has 0 spiro atoms. The summed E-state index contributed by atoms with van der Waals surface area (Å²) in [4.78, 5) is 9.89. The molecule has 0 radical (unpaired) electrons. The van der Waals surface area contributed by atoms with Gasteiger partial charge in [-0.05, 0) is 40.5 Å². The third-order valence-electron chi connectivity index (χ3n) is 2.35. The number of hydrogen-bond donors (Lipinski definition) is 0. The molecule has 4 nitrogen and oxygen atoms in total. The molecule has 88 valence electrons. The second-order valence-electron chi connectivity index (χ2n) is 3.45. The van der Waals surface area contributed by atoms with Gasteiger partial charge in [0.1, 0.15) is 5.76 Å². The van der Waals surface area contributed by atoms with E-state index in [1.54, 1.807) is 19.1 Å². The molecule has 1 heterocycles. The number of benzene rings is 1. The molecule has 1 aromatic carbocycles. The monoisotopic (exact) mass is 299 g/mol. The van der Waals surface area contributed by atoms with Gasteiger partial charge >= 0.3 is 5.69 Å². The van der Waals surface area contributed by atoms with Crippen molar-refractivity contribution in [1.82, 2.24) is 0 Å². The number of nitro benzene ring substituents is 1. The van der Waals surface area contributed by atoms with E-state index in [1.807, 2.05) is 0 Å². The molecular weight excluding hydrogens is 293 g/mol. The van der Waals surface area contributed by atoms with Crippen LogP contribution >= 0.6 is 15.9 Å². The number of aryl methyl sites for hydroxylation is 1. The first-order valence-corrected chi connectivity index (χ1v) is 5.48. The Morgan fingerprint density at radius 1 is 1.53 bits per heavy atom. The van der Waals surface area contributed by atoms with Crippen LogP contribution in [0.2, 0.25) is 0 Å². The molecule has 0 N–H and O–H groups in total. The van der Waals surface area contributed by atoms with E-state index >= 15 is 0 Å². The maximum absolute atomic E-state index is 13.8. The number of halogens is 2. The van der Waals surface area contributed by atoms with Crippen LogP contribution in [0, 0.1) is 22.9 Å². The number of rotatable bonds is 2. The first kappa shape index (κ1) is 11.8. The van der Waals surface area contributed by atoms with Crippen molar-refractivity contribution in [3.63, 3.8) is 0 Å². The first-order chi connectivity index (χ1) is 8.02. The van der Waals surface area contributed by atoms with Gasteiger partial charge in [-0.1, -0.05) is 0 Å². The lowest BCUT2D eigenvalue weighted by Crippen LogP contribution is -1.97. The highest BCUT2D eigenvalue weighted by Gasteiger charge is 2.23. The van der Waals surface area contributed by atoms with E-state index in [1.165, 1.54) is 12.3 Å². The van der Waals surface area contributed by atoms with Gasteiger partial charge < -0.3 is 4.42 Å². The maximum Gasteiger partial charge on any atom is 0.306 e. The summed E-state index contributed by atoms with van der Waals surface area (Å²) in [6.45, 7) is 1.66. The molecule has 0 fully saturated rings. The van der Waals surface area contributed by atoms with Crippen molar-refractivity contribution in [3.8, 4) is 11.3 Å². The normalized spacial score (nSPS) is 10.5. The summed E-state index contributed by atoms with van der Waals surface area (Å²) in [6.07, 6.45) is 1.46. The smallest absolute Gasteiger partial charge is 0.306 e. The van der Waals surface area contributed by atoms with E-state index in [0.717, 1.165) is 0 Å². The topological polar surface area (TPSA) is 56.3 Å². The highest BCUT2D eigenvalue weighted by molar-refractivity contribution is 9.10. The summed E-state index contributed by atoms with van der Waals surface area (Å²) >= 11 is 3.03. The van der Waals surface area contributed by atoms with Crippen LogP contribution in [0.5, 0.6) is 0 Å². The lowest BCUT2D eigenvalue weighted by molar-refractivity contribution is -0.387. The lowest BCUT2D eigenvalue weighted by atomic mass is 10.1. The molecule has 0 aliphatic heterocycles. The molecule has 1 aromatic heterocycles. The van der Waals surface area contributed by atoms with Crippen molar-refractivity contribution in [1.29, 1.82) is 0 Å². The molecule has 17 heavy (non-hydrogen) atoms. The van der Waals surface area contributed by atoms with E-state index in [9.17, 15) is 14.5 Å². The van der Waals surface area contributed by atoms with Crippen molar-refractivity contribution in [3.05, 3.63) is 50.4 Å². The molecule has 0 aliphatic carbocycles. The Hall–Kier alpha value is -1.69. The number of hydrogen-bond acceptors (Lipinski definition) is 3. The van der Waals surface area contributed by atoms with Crippen LogP contribution in [0.4, 0.5) is 10.1 Å². The molecule has 0 aliphatic rings. The van der Waals surface area contributed by atoms with Crippen molar-refractivity contribution < 1.29 is 13.7 Å². The third-order valence-corrected chi connectivity index (χ3v) is 3.09. The van der Waals surface area contributed by atoms with Gasteiger partial charge in [-0.15, -0.1) is 0 Å². The fourth-order valence-electron chi connectivity index (χ4n) is 1.59. The van der Waals surface area contributed by atoms with Crippen LogP contribution in [-0.4, -0.2) is 4.92 Å². The van der Waals surface area contributed by atoms with E-state index in [-0.39, 0.29) is 4.47 Å². The van der Waals surface area contributed by atoms with Crippen molar-refractivity contribution in [2.24, 2.45) is 0 Å². The Labute approximate surface area is 104 Å². The molecule has 0 atom stereocenters. The largest absolute Gasteiger partial charge is 0.464 e. The highest BCUT2D eigenvalue weighted by Crippen LogP contribution is 2.37. The molecule has 0 saturated heterocycles. The lowest BCUT2D eigenvalue weighted by Gasteiger charge is -2.07. The van der Waals surface area contributed by atoms with E-state index in [4.69, 9.17) is 4.42 Å². The second-order valence-corrected chi connectivity index (χ2v) is 4.24. The third kappa shape index (κ3) is 1.95. The van der Waals surface area contributed by atoms with Crippen LogP contribution in [-0.2, 0) is 0 Å². The average Bonchev–Trinajstić information content (AvgIpc) is 2.76. The van der Waals surface area contributed by atoms with Gasteiger partial charge in [0.25, 0.3) is 0 Å². The Morgan fingerprint density at radius 2 is 2.24 bits per heavy atom. The fraction of sp³-hybridized carbons (Fsp3) is 0.0909. The molecule has 2 aromatic rings. The SMILES string of the molecule is Cc1cc([N+](=O)[O-])c(F)c(Br)c1-c1ccco1. The van der Waals surface area contributed by atoms with E-state index in [2.05, 4.69) is 15.9 Å². The summed E-state index contributed by atoms with van der Waals surface area (Å²) in [5, 5.41) is 10.6. The molecule has 2 rings (SSSR count). The molecule has 0 saturated carbocycles. The van der Waals surface area contributed by atoms with Gasteiger partial charge in [-0.25, -0.2) is 0 Å².